The Morgan fingerprint density at radius 3 is 2.39 bits per heavy atom. The predicted octanol–water partition coefficient (Wildman–Crippen LogP) is 2.85. The molecule has 4 rings (SSSR count). The molecule has 0 amide bonds. The van der Waals surface area contributed by atoms with Gasteiger partial charge >= 0.3 is 0 Å². The number of Topliss-reactive ketones (excluding diaryl/α,β-unsaturated/α-hetero) is 1. The Kier molecular flexibility index (Phi) is 6.24. The second kappa shape index (κ2) is 8.92. The van der Waals surface area contributed by atoms with Crippen LogP contribution in [-0.2, 0) is 16.4 Å². The topological polar surface area (TPSA) is 95.5 Å². The second-order valence-electron chi connectivity index (χ2n) is 8.22. The lowest BCUT2D eigenvalue weighted by molar-refractivity contribution is 0.101. The molecule has 1 aromatic carbocycles. The molecule has 0 radical (unpaired) electrons. The number of ketones is 1. The summed E-state index contributed by atoms with van der Waals surface area (Å²) in [6, 6.07) is 7.96. The first-order valence-corrected chi connectivity index (χ1v) is 12.4. The average Bonchev–Trinajstić information content (AvgIpc) is 3.58. The third-order valence-electron chi connectivity index (χ3n) is 5.91. The maximum Gasteiger partial charge on any atom is 0.227 e. The van der Waals surface area contributed by atoms with E-state index in [4.69, 9.17) is 0 Å². The minimum Gasteiger partial charge on any atom is -0.369 e. The number of carbonyl (C=O) groups excluding carboxylic acids is 1. The molecule has 1 saturated carbocycles. The third kappa shape index (κ3) is 5.22. The first kappa shape index (κ1) is 21.7. The maximum absolute atomic E-state index is 12.0. The number of aromatic nitrogens is 2. The van der Waals surface area contributed by atoms with Crippen molar-refractivity contribution in [3.05, 3.63) is 41.7 Å². The normalized spacial score (nSPS) is 17.5. The Balaban J connectivity index is 1.40. The van der Waals surface area contributed by atoms with Gasteiger partial charge < -0.3 is 10.2 Å². The molecule has 0 atom stereocenters. The average molecular weight is 444 g/mol. The molecule has 1 aliphatic heterocycles. The quantitative estimate of drug-likeness (QED) is 0.627. The van der Waals surface area contributed by atoms with Crippen LogP contribution in [0.15, 0.2) is 30.5 Å². The number of nitrogens with one attached hydrogen (secondary N) is 1. The molecule has 9 heteroatoms. The highest BCUT2D eigenvalue weighted by Crippen LogP contribution is 2.33. The summed E-state index contributed by atoms with van der Waals surface area (Å²) in [5, 5.41) is 3.23. The number of hydrogen-bond donors (Lipinski definition) is 1. The predicted molar refractivity (Wildman–Crippen MR) is 121 cm³/mol. The molecule has 1 aliphatic carbocycles. The number of rotatable bonds is 8. The summed E-state index contributed by atoms with van der Waals surface area (Å²) < 4.78 is 25.6. The Labute approximate surface area is 183 Å². The van der Waals surface area contributed by atoms with Gasteiger partial charge in [-0.25, -0.2) is 18.4 Å². The summed E-state index contributed by atoms with van der Waals surface area (Å²) >= 11 is 0. The number of benzene rings is 1. The van der Waals surface area contributed by atoms with E-state index in [1.807, 2.05) is 24.3 Å². The number of carbonyl (C=O) groups is 1. The Morgan fingerprint density at radius 2 is 1.81 bits per heavy atom. The molecule has 2 heterocycles. The molecule has 1 saturated heterocycles. The van der Waals surface area contributed by atoms with Crippen molar-refractivity contribution < 1.29 is 13.2 Å². The molecule has 2 aliphatic rings. The Bertz CT molecular complexity index is 1040. The number of nitrogens with zero attached hydrogens (tertiary/aromatic N) is 4. The van der Waals surface area contributed by atoms with Gasteiger partial charge in [-0.15, -0.1) is 0 Å². The van der Waals surface area contributed by atoms with Gasteiger partial charge in [0.15, 0.2) is 5.78 Å². The first-order valence-electron chi connectivity index (χ1n) is 10.8. The zero-order chi connectivity index (χ0) is 22.0. The largest absolute Gasteiger partial charge is 0.369 e. The van der Waals surface area contributed by atoms with Crippen LogP contribution in [0.25, 0.3) is 0 Å². The van der Waals surface area contributed by atoms with E-state index in [1.54, 1.807) is 24.3 Å². The van der Waals surface area contributed by atoms with Crippen molar-refractivity contribution in [2.24, 2.45) is 5.92 Å². The van der Waals surface area contributed by atoms with Gasteiger partial charge in [-0.3, -0.25) is 4.79 Å². The molecule has 1 aromatic heterocycles. The van der Waals surface area contributed by atoms with Crippen molar-refractivity contribution in [1.29, 1.82) is 0 Å². The van der Waals surface area contributed by atoms with Crippen LogP contribution in [0.2, 0.25) is 0 Å². The van der Waals surface area contributed by atoms with Crippen LogP contribution in [-0.4, -0.2) is 60.4 Å². The first-order chi connectivity index (χ1) is 14.9. The summed E-state index contributed by atoms with van der Waals surface area (Å²) in [6.07, 6.45) is 4.84. The van der Waals surface area contributed by atoms with Crippen LogP contribution in [0.3, 0.4) is 0 Å². The molecule has 0 unspecified atom stereocenters. The number of piperazine rings is 1. The van der Waals surface area contributed by atoms with Gasteiger partial charge in [0, 0.05) is 43.8 Å². The lowest BCUT2D eigenvalue weighted by Gasteiger charge is -2.35. The number of anilines is 3. The van der Waals surface area contributed by atoms with Crippen molar-refractivity contribution in [1.82, 2.24) is 14.3 Å². The molecule has 1 N–H and O–H groups in total. The minimum atomic E-state index is -3.12. The SMILES string of the molecule is CCS(=O)(=O)N1CCN(c2ccc(Nc3ncc(C(C)=O)c(CC4CC4)n3)cc2)CC1. The molecule has 0 spiro atoms. The van der Waals surface area contributed by atoms with Crippen molar-refractivity contribution in [3.8, 4) is 0 Å². The highest BCUT2D eigenvalue weighted by Gasteiger charge is 2.26. The van der Waals surface area contributed by atoms with Crippen molar-refractivity contribution >= 4 is 33.1 Å². The molecule has 2 fully saturated rings. The summed E-state index contributed by atoms with van der Waals surface area (Å²) in [5.74, 6) is 1.27. The summed E-state index contributed by atoms with van der Waals surface area (Å²) in [5.41, 5.74) is 3.35. The van der Waals surface area contributed by atoms with Gasteiger partial charge in [0.25, 0.3) is 0 Å². The van der Waals surface area contributed by atoms with Crippen molar-refractivity contribution in [3.63, 3.8) is 0 Å². The summed E-state index contributed by atoms with van der Waals surface area (Å²) in [4.78, 5) is 23.0. The lowest BCUT2D eigenvalue weighted by Crippen LogP contribution is -2.49. The third-order valence-corrected chi connectivity index (χ3v) is 7.79. The molecule has 31 heavy (non-hydrogen) atoms. The fourth-order valence-corrected chi connectivity index (χ4v) is 4.90. The van der Waals surface area contributed by atoms with Crippen LogP contribution < -0.4 is 10.2 Å². The standard InChI is InChI=1S/C22H29N5O3S/c1-3-31(29,30)27-12-10-26(11-13-27)19-8-6-18(7-9-19)24-22-23-15-20(16(2)28)21(25-22)14-17-4-5-17/h6-9,15,17H,3-5,10-14H2,1-2H3,(H,23,24,25). The van der Waals surface area contributed by atoms with Crippen LogP contribution >= 0.6 is 0 Å². The van der Waals surface area contributed by atoms with Gasteiger partial charge in [0.2, 0.25) is 16.0 Å². The van der Waals surface area contributed by atoms with E-state index in [0.717, 1.165) is 23.5 Å². The summed E-state index contributed by atoms with van der Waals surface area (Å²) in [6.45, 7) is 5.60. The van der Waals surface area contributed by atoms with Crippen LogP contribution in [0, 0.1) is 5.92 Å². The van der Waals surface area contributed by atoms with Crippen LogP contribution in [0.1, 0.15) is 42.7 Å². The second-order valence-corrected chi connectivity index (χ2v) is 10.5. The maximum atomic E-state index is 12.0. The fraction of sp³-hybridized carbons (Fsp3) is 0.500. The van der Waals surface area contributed by atoms with E-state index in [9.17, 15) is 13.2 Å². The van der Waals surface area contributed by atoms with Crippen LogP contribution in [0.5, 0.6) is 0 Å². The van der Waals surface area contributed by atoms with Gasteiger partial charge in [0.1, 0.15) is 0 Å². The summed E-state index contributed by atoms with van der Waals surface area (Å²) in [7, 11) is -3.12. The van der Waals surface area contributed by atoms with Gasteiger partial charge in [0.05, 0.1) is 17.0 Å². The van der Waals surface area contributed by atoms with Gasteiger partial charge in [-0.05, 0) is 63.3 Å². The molecule has 8 nitrogen and oxygen atoms in total. The Morgan fingerprint density at radius 1 is 1.13 bits per heavy atom. The molecule has 166 valence electrons. The number of sulfonamides is 1. The number of hydrogen-bond acceptors (Lipinski definition) is 7. The molecular formula is C22H29N5O3S. The van der Waals surface area contributed by atoms with E-state index in [2.05, 4.69) is 20.2 Å². The fourth-order valence-electron chi connectivity index (χ4n) is 3.81. The minimum absolute atomic E-state index is 0.00149. The van der Waals surface area contributed by atoms with E-state index in [-0.39, 0.29) is 11.5 Å². The van der Waals surface area contributed by atoms with Gasteiger partial charge in [-0.1, -0.05) is 0 Å². The van der Waals surface area contributed by atoms with E-state index < -0.39 is 10.0 Å². The van der Waals surface area contributed by atoms with E-state index in [1.165, 1.54) is 12.8 Å². The zero-order valence-electron chi connectivity index (χ0n) is 18.0. The van der Waals surface area contributed by atoms with Crippen LogP contribution in [0.4, 0.5) is 17.3 Å². The molecular weight excluding hydrogens is 414 g/mol. The molecule has 0 bridgehead atoms. The highest BCUT2D eigenvalue weighted by molar-refractivity contribution is 7.89. The Hall–Kier alpha value is -2.52. The van der Waals surface area contributed by atoms with Gasteiger partial charge in [-0.2, -0.15) is 4.31 Å². The smallest absolute Gasteiger partial charge is 0.227 e. The lowest BCUT2D eigenvalue weighted by atomic mass is 10.1. The highest BCUT2D eigenvalue weighted by atomic mass is 32.2. The molecule has 2 aromatic rings. The zero-order valence-corrected chi connectivity index (χ0v) is 18.9. The van der Waals surface area contributed by atoms with Crippen molar-refractivity contribution in [2.45, 2.75) is 33.1 Å². The van der Waals surface area contributed by atoms with E-state index >= 15 is 0 Å². The van der Waals surface area contributed by atoms with E-state index in [0.29, 0.717) is 43.6 Å². The monoisotopic (exact) mass is 443 g/mol. The van der Waals surface area contributed by atoms with Crippen molar-refractivity contribution in [2.75, 3.05) is 42.1 Å².